The highest BCUT2D eigenvalue weighted by Gasteiger charge is 2.31. The lowest BCUT2D eigenvalue weighted by atomic mass is 10.1. The molecule has 0 spiro atoms. The molecule has 0 saturated carbocycles. The molecule has 3 rings (SSSR count). The van der Waals surface area contributed by atoms with Gasteiger partial charge in [-0.3, -0.25) is 15.0 Å². The Morgan fingerprint density at radius 3 is 2.80 bits per heavy atom. The Morgan fingerprint density at radius 2 is 2.12 bits per heavy atom. The van der Waals surface area contributed by atoms with Gasteiger partial charge in [-0.05, 0) is 44.7 Å². The first-order valence-corrected chi connectivity index (χ1v) is 9.54. The molecule has 1 N–H and O–H groups in total. The molecule has 0 aliphatic carbocycles. The zero-order valence-electron chi connectivity index (χ0n) is 14.6. The summed E-state index contributed by atoms with van der Waals surface area (Å²) >= 11 is 7.43. The van der Waals surface area contributed by atoms with E-state index >= 15 is 0 Å². The summed E-state index contributed by atoms with van der Waals surface area (Å²) in [4.78, 5) is 20.8. The van der Waals surface area contributed by atoms with E-state index in [1.807, 2.05) is 0 Å². The molecule has 2 aromatic rings. The van der Waals surface area contributed by atoms with Crippen LogP contribution in [0.3, 0.4) is 0 Å². The molecule has 134 valence electrons. The van der Waals surface area contributed by atoms with Crippen molar-refractivity contribution in [2.24, 2.45) is 0 Å². The van der Waals surface area contributed by atoms with Gasteiger partial charge >= 0.3 is 0 Å². The number of amides is 1. The molecule has 1 aromatic carbocycles. The molecule has 0 fully saturated rings. The minimum atomic E-state index is -1.02. The van der Waals surface area contributed by atoms with Crippen LogP contribution in [-0.4, -0.2) is 34.5 Å². The molecule has 7 heteroatoms. The Balaban J connectivity index is 1.67. The van der Waals surface area contributed by atoms with Crippen molar-refractivity contribution in [1.29, 1.82) is 0 Å². The molecule has 25 heavy (non-hydrogen) atoms. The number of benzene rings is 1. The van der Waals surface area contributed by atoms with Crippen LogP contribution in [0.15, 0.2) is 24.3 Å². The summed E-state index contributed by atoms with van der Waals surface area (Å²) in [5, 5.41) is 4.17. The SMILES string of the molecule is CCN1CCc2nc(NC(=O)C(C)(C)Oc3ccc(Cl)cc3)sc2C1. The van der Waals surface area contributed by atoms with Gasteiger partial charge in [0.2, 0.25) is 0 Å². The average molecular weight is 380 g/mol. The number of carbonyl (C=O) groups is 1. The molecular formula is C18H22ClN3O2S. The van der Waals surface area contributed by atoms with E-state index in [1.54, 1.807) is 49.4 Å². The van der Waals surface area contributed by atoms with E-state index in [-0.39, 0.29) is 5.91 Å². The average Bonchev–Trinajstić information content (AvgIpc) is 2.97. The van der Waals surface area contributed by atoms with Crippen LogP contribution in [0.25, 0.3) is 0 Å². The van der Waals surface area contributed by atoms with Crippen LogP contribution < -0.4 is 10.1 Å². The smallest absolute Gasteiger partial charge is 0.269 e. The topological polar surface area (TPSA) is 54.5 Å². The molecular weight excluding hydrogens is 358 g/mol. The maximum atomic E-state index is 12.6. The van der Waals surface area contributed by atoms with E-state index in [2.05, 4.69) is 22.1 Å². The lowest BCUT2D eigenvalue weighted by molar-refractivity contribution is -0.128. The highest BCUT2D eigenvalue weighted by molar-refractivity contribution is 7.15. The lowest BCUT2D eigenvalue weighted by Crippen LogP contribution is -2.42. The van der Waals surface area contributed by atoms with Crippen molar-refractivity contribution in [3.8, 4) is 5.75 Å². The van der Waals surface area contributed by atoms with Gasteiger partial charge < -0.3 is 4.74 Å². The number of aromatic nitrogens is 1. The number of hydrogen-bond donors (Lipinski definition) is 1. The predicted molar refractivity (Wildman–Crippen MR) is 102 cm³/mol. The maximum Gasteiger partial charge on any atom is 0.269 e. The highest BCUT2D eigenvalue weighted by Crippen LogP contribution is 2.29. The van der Waals surface area contributed by atoms with E-state index in [0.717, 1.165) is 31.7 Å². The van der Waals surface area contributed by atoms with E-state index in [4.69, 9.17) is 16.3 Å². The molecule has 0 unspecified atom stereocenters. The molecule has 1 aliphatic heterocycles. The summed E-state index contributed by atoms with van der Waals surface area (Å²) in [5.74, 6) is 0.377. The molecule has 0 bridgehead atoms. The van der Waals surface area contributed by atoms with Gasteiger partial charge in [-0.15, -0.1) is 11.3 Å². The Labute approximate surface area is 157 Å². The molecule has 0 radical (unpaired) electrons. The van der Waals surface area contributed by atoms with Crippen molar-refractivity contribution >= 4 is 34.0 Å². The molecule has 1 aromatic heterocycles. The molecule has 2 heterocycles. The van der Waals surface area contributed by atoms with Crippen LogP contribution in [-0.2, 0) is 17.8 Å². The van der Waals surface area contributed by atoms with Crippen LogP contribution in [0, 0.1) is 0 Å². The number of nitrogens with one attached hydrogen (secondary N) is 1. The largest absolute Gasteiger partial charge is 0.478 e. The number of thiazole rings is 1. The van der Waals surface area contributed by atoms with Crippen molar-refractivity contribution < 1.29 is 9.53 Å². The molecule has 5 nitrogen and oxygen atoms in total. The van der Waals surface area contributed by atoms with Gasteiger partial charge in [-0.1, -0.05) is 18.5 Å². The molecule has 1 amide bonds. The van der Waals surface area contributed by atoms with Gasteiger partial charge in [0.1, 0.15) is 5.75 Å². The minimum Gasteiger partial charge on any atom is -0.478 e. The summed E-state index contributed by atoms with van der Waals surface area (Å²) < 4.78 is 5.83. The Hall–Kier alpha value is -1.63. The van der Waals surface area contributed by atoms with E-state index in [9.17, 15) is 4.79 Å². The van der Waals surface area contributed by atoms with Crippen molar-refractivity contribution in [3.05, 3.63) is 39.9 Å². The first-order chi connectivity index (χ1) is 11.9. The third kappa shape index (κ3) is 4.32. The molecule has 0 saturated heterocycles. The van der Waals surface area contributed by atoms with Crippen LogP contribution in [0.4, 0.5) is 5.13 Å². The number of rotatable bonds is 5. The molecule has 0 atom stereocenters. The van der Waals surface area contributed by atoms with Gasteiger partial charge in [-0.25, -0.2) is 4.98 Å². The fourth-order valence-corrected chi connectivity index (χ4v) is 3.83. The zero-order valence-corrected chi connectivity index (χ0v) is 16.2. The van der Waals surface area contributed by atoms with Crippen molar-refractivity contribution in [1.82, 2.24) is 9.88 Å². The number of likely N-dealkylation sites (N-methyl/N-ethyl adjacent to an activating group) is 1. The maximum absolute atomic E-state index is 12.6. The number of anilines is 1. The number of nitrogens with zero attached hydrogens (tertiary/aromatic N) is 2. The number of carbonyl (C=O) groups excluding carboxylic acids is 1. The highest BCUT2D eigenvalue weighted by atomic mass is 35.5. The fourth-order valence-electron chi connectivity index (χ4n) is 2.66. The summed E-state index contributed by atoms with van der Waals surface area (Å²) in [6.45, 7) is 8.59. The van der Waals surface area contributed by atoms with Crippen LogP contribution in [0.5, 0.6) is 5.75 Å². The number of fused-ring (bicyclic) bond motifs is 1. The standard InChI is InChI=1S/C18H22ClN3O2S/c1-4-22-10-9-14-15(11-22)25-17(20-14)21-16(23)18(2,3)24-13-7-5-12(19)6-8-13/h5-8H,4,9-11H2,1-3H3,(H,20,21,23). The third-order valence-corrected chi connectivity index (χ3v) is 5.46. The van der Waals surface area contributed by atoms with Crippen molar-refractivity contribution in [2.45, 2.75) is 39.3 Å². The van der Waals surface area contributed by atoms with Crippen LogP contribution >= 0.6 is 22.9 Å². The van der Waals surface area contributed by atoms with E-state index in [1.165, 1.54) is 4.88 Å². The Morgan fingerprint density at radius 1 is 1.40 bits per heavy atom. The molecule has 1 aliphatic rings. The van der Waals surface area contributed by atoms with E-state index < -0.39 is 5.60 Å². The van der Waals surface area contributed by atoms with Crippen LogP contribution in [0.2, 0.25) is 5.02 Å². The van der Waals surface area contributed by atoms with Gasteiger partial charge in [0.25, 0.3) is 5.91 Å². The quantitative estimate of drug-likeness (QED) is 0.853. The minimum absolute atomic E-state index is 0.221. The zero-order chi connectivity index (χ0) is 18.0. The third-order valence-electron chi connectivity index (χ3n) is 4.21. The predicted octanol–water partition coefficient (Wildman–Crippen LogP) is 3.97. The Bertz CT molecular complexity index is 758. The fraction of sp³-hybridized carbons (Fsp3) is 0.444. The first kappa shape index (κ1) is 18.2. The summed E-state index contributed by atoms with van der Waals surface area (Å²) in [5.41, 5.74) is 0.0801. The summed E-state index contributed by atoms with van der Waals surface area (Å²) in [6.07, 6.45) is 0.931. The van der Waals surface area contributed by atoms with E-state index in [0.29, 0.717) is 15.9 Å². The second kappa shape index (κ2) is 7.32. The lowest BCUT2D eigenvalue weighted by Gasteiger charge is -2.24. The van der Waals surface area contributed by atoms with Gasteiger partial charge in [0.15, 0.2) is 10.7 Å². The number of halogens is 1. The second-order valence-corrected chi connectivity index (χ2v) is 8.05. The monoisotopic (exact) mass is 379 g/mol. The first-order valence-electron chi connectivity index (χ1n) is 8.34. The van der Waals surface area contributed by atoms with Crippen molar-refractivity contribution in [3.63, 3.8) is 0 Å². The normalized spacial score (nSPS) is 14.9. The van der Waals surface area contributed by atoms with Gasteiger partial charge in [0.05, 0.1) is 5.69 Å². The van der Waals surface area contributed by atoms with Gasteiger partial charge in [0, 0.05) is 29.4 Å². The van der Waals surface area contributed by atoms with Crippen molar-refractivity contribution in [2.75, 3.05) is 18.4 Å². The second-order valence-electron chi connectivity index (χ2n) is 6.53. The van der Waals surface area contributed by atoms with Crippen LogP contribution in [0.1, 0.15) is 31.3 Å². The Kier molecular flexibility index (Phi) is 5.32. The summed E-state index contributed by atoms with van der Waals surface area (Å²) in [6, 6.07) is 6.97. The number of ether oxygens (including phenoxy) is 1. The number of hydrogen-bond acceptors (Lipinski definition) is 5. The van der Waals surface area contributed by atoms with Gasteiger partial charge in [-0.2, -0.15) is 0 Å². The summed E-state index contributed by atoms with van der Waals surface area (Å²) in [7, 11) is 0.